The number of aryl methyl sites for hydroxylation is 2. The van der Waals surface area contributed by atoms with Crippen LogP contribution in [0, 0.1) is 17.3 Å². The third-order valence-corrected chi connectivity index (χ3v) is 9.97. The van der Waals surface area contributed by atoms with E-state index in [1.807, 2.05) is 36.4 Å². The number of carbonyl (C=O) groups is 4. The van der Waals surface area contributed by atoms with Gasteiger partial charge in [0, 0.05) is 37.9 Å². The van der Waals surface area contributed by atoms with Gasteiger partial charge in [-0.2, -0.15) is 5.10 Å². The summed E-state index contributed by atoms with van der Waals surface area (Å²) >= 11 is 0. The normalized spacial score (nSPS) is 24.4. The molecule has 230 valence electrons. The Bertz CT molecular complexity index is 1630. The van der Waals surface area contributed by atoms with Crippen LogP contribution in [0.5, 0.6) is 0 Å². The Labute approximate surface area is 257 Å². The van der Waals surface area contributed by atoms with Crippen LogP contribution >= 0.6 is 0 Å². The van der Waals surface area contributed by atoms with Crippen LogP contribution in [0.25, 0.3) is 0 Å². The van der Waals surface area contributed by atoms with Crippen molar-refractivity contribution < 1.29 is 19.2 Å². The molecule has 1 fully saturated rings. The van der Waals surface area contributed by atoms with Crippen molar-refractivity contribution >= 4 is 29.3 Å². The Morgan fingerprint density at radius 1 is 1.05 bits per heavy atom. The van der Waals surface area contributed by atoms with Gasteiger partial charge >= 0.3 is 0 Å². The maximum Gasteiger partial charge on any atom is 0.270 e. The Morgan fingerprint density at radius 3 is 2.52 bits per heavy atom. The number of benzene rings is 2. The minimum Gasteiger partial charge on any atom is -0.359 e. The van der Waals surface area contributed by atoms with Crippen molar-refractivity contribution in [3.05, 3.63) is 82.7 Å². The van der Waals surface area contributed by atoms with E-state index in [-0.39, 0.29) is 41.5 Å². The van der Waals surface area contributed by atoms with Crippen molar-refractivity contribution in [2.75, 3.05) is 12.4 Å². The number of amides is 4. The quantitative estimate of drug-likeness (QED) is 0.317. The predicted molar refractivity (Wildman–Crippen MR) is 166 cm³/mol. The first-order valence-electron chi connectivity index (χ1n) is 15.4. The molecule has 10 heteroatoms. The van der Waals surface area contributed by atoms with Gasteiger partial charge in [0.05, 0.1) is 11.3 Å². The molecular weight excluding hydrogens is 556 g/mol. The summed E-state index contributed by atoms with van der Waals surface area (Å²) in [5.41, 5.74) is 4.25. The summed E-state index contributed by atoms with van der Waals surface area (Å²) in [6, 6.07) is 14.6. The number of nitrogens with one attached hydrogen (secondary N) is 4. The fraction of sp³-hybridized carbons (Fsp3) is 0.441. The Kier molecular flexibility index (Phi) is 7.77. The van der Waals surface area contributed by atoms with Gasteiger partial charge in [-0.05, 0) is 78.5 Å². The third-order valence-electron chi connectivity index (χ3n) is 9.97. The van der Waals surface area contributed by atoms with E-state index in [9.17, 15) is 19.2 Å². The van der Waals surface area contributed by atoms with E-state index in [1.54, 1.807) is 26.4 Å². The molecule has 4 unspecified atom stereocenters. The summed E-state index contributed by atoms with van der Waals surface area (Å²) in [4.78, 5) is 53.8. The molecule has 1 saturated heterocycles. The number of hydrogen-bond acceptors (Lipinski definition) is 5. The van der Waals surface area contributed by atoms with Crippen LogP contribution in [0.4, 0.5) is 5.69 Å². The maximum atomic E-state index is 14.0. The standard InChI is InChI=1S/C34H40N6O4/c1-19(2)27-16-26(30(41)38-27)34(33(44)35-3)17-21-9-11-23(15-22(21)18-34)37-32(43)29(39-31(42)28-13-14-36-40(28)4)25-12-10-20-7-5-6-8-24(20)25/h5-9,11,13-15,19,25-27,29H,10,12,16-18H2,1-4H3,(H,35,44)(H,37,43)(H,38,41)(H,39,42)/t25?,26?,27-,29?,34?/m0/s1. The molecule has 3 aliphatic rings. The molecule has 2 heterocycles. The molecule has 3 aromatic rings. The van der Waals surface area contributed by atoms with Gasteiger partial charge in [0.15, 0.2) is 0 Å². The second kappa shape index (κ2) is 11.6. The van der Waals surface area contributed by atoms with Gasteiger partial charge in [-0.3, -0.25) is 23.9 Å². The van der Waals surface area contributed by atoms with Crippen molar-refractivity contribution in [1.29, 1.82) is 0 Å². The minimum atomic E-state index is -0.888. The highest BCUT2D eigenvalue weighted by Gasteiger charge is 2.55. The Hall–Kier alpha value is -4.47. The number of hydrogen-bond donors (Lipinski definition) is 4. The number of carbonyl (C=O) groups excluding carboxylic acids is 4. The van der Waals surface area contributed by atoms with Crippen molar-refractivity contribution in [2.45, 2.75) is 64.0 Å². The van der Waals surface area contributed by atoms with Crippen LogP contribution in [0.15, 0.2) is 54.7 Å². The van der Waals surface area contributed by atoms with Crippen LogP contribution in [0.2, 0.25) is 0 Å². The molecule has 0 bridgehead atoms. The van der Waals surface area contributed by atoms with Crippen molar-refractivity contribution in [1.82, 2.24) is 25.7 Å². The van der Waals surface area contributed by atoms with Crippen molar-refractivity contribution in [2.24, 2.45) is 24.3 Å². The Morgan fingerprint density at radius 2 is 1.82 bits per heavy atom. The highest BCUT2D eigenvalue weighted by atomic mass is 16.2. The SMILES string of the molecule is CNC(=O)C1(C2C[C@@H](C(C)C)NC2=O)Cc2ccc(NC(=O)C(NC(=O)c3ccnn3C)C3CCc4ccccc43)cc2C1. The fourth-order valence-corrected chi connectivity index (χ4v) is 7.53. The summed E-state index contributed by atoms with van der Waals surface area (Å²) in [7, 11) is 3.31. The minimum absolute atomic E-state index is 0.0341. The first kappa shape index (κ1) is 29.6. The molecule has 10 nitrogen and oxygen atoms in total. The second-order valence-corrected chi connectivity index (χ2v) is 12.8. The number of anilines is 1. The van der Waals surface area contributed by atoms with E-state index in [0.29, 0.717) is 30.6 Å². The van der Waals surface area contributed by atoms with E-state index in [0.717, 1.165) is 29.5 Å². The molecule has 44 heavy (non-hydrogen) atoms. The summed E-state index contributed by atoms with van der Waals surface area (Å²) in [6.07, 6.45) is 4.60. The molecule has 6 rings (SSSR count). The zero-order valence-corrected chi connectivity index (χ0v) is 25.6. The first-order valence-corrected chi connectivity index (χ1v) is 15.4. The number of aromatic nitrogens is 2. The highest BCUT2D eigenvalue weighted by molar-refractivity contribution is 6.01. The monoisotopic (exact) mass is 596 g/mol. The van der Waals surface area contributed by atoms with E-state index >= 15 is 0 Å². The van der Waals surface area contributed by atoms with Crippen LogP contribution in [0.1, 0.15) is 65.3 Å². The number of nitrogens with zero attached hydrogens (tertiary/aromatic N) is 2. The van der Waals surface area contributed by atoms with Crippen LogP contribution in [0.3, 0.4) is 0 Å². The first-order chi connectivity index (χ1) is 21.1. The lowest BCUT2D eigenvalue weighted by atomic mass is 9.70. The molecule has 0 spiro atoms. The van der Waals surface area contributed by atoms with Gasteiger partial charge in [0.2, 0.25) is 17.7 Å². The number of rotatable bonds is 8. The van der Waals surface area contributed by atoms with Gasteiger partial charge in [-0.1, -0.05) is 44.2 Å². The zero-order chi connectivity index (χ0) is 31.2. The van der Waals surface area contributed by atoms with Crippen LogP contribution in [-0.4, -0.2) is 52.5 Å². The third kappa shape index (κ3) is 5.16. The van der Waals surface area contributed by atoms with E-state index in [1.165, 1.54) is 10.2 Å². The van der Waals surface area contributed by atoms with Gasteiger partial charge in [0.1, 0.15) is 11.7 Å². The lowest BCUT2D eigenvalue weighted by Crippen LogP contribution is -2.48. The molecule has 4 amide bonds. The van der Waals surface area contributed by atoms with Gasteiger partial charge < -0.3 is 21.3 Å². The molecule has 2 aliphatic carbocycles. The van der Waals surface area contributed by atoms with E-state index in [4.69, 9.17) is 0 Å². The lowest BCUT2D eigenvalue weighted by Gasteiger charge is -2.32. The topological polar surface area (TPSA) is 134 Å². The molecular formula is C34H40N6O4. The predicted octanol–water partition coefficient (Wildman–Crippen LogP) is 2.88. The van der Waals surface area contributed by atoms with Crippen molar-refractivity contribution in [3.8, 4) is 0 Å². The second-order valence-electron chi connectivity index (χ2n) is 12.8. The summed E-state index contributed by atoms with van der Waals surface area (Å²) in [6.45, 7) is 4.16. The molecule has 0 saturated carbocycles. The fourth-order valence-electron chi connectivity index (χ4n) is 7.53. The molecule has 1 aromatic heterocycles. The average Bonchev–Trinajstić information content (AvgIpc) is 3.80. The van der Waals surface area contributed by atoms with Crippen molar-refractivity contribution in [3.63, 3.8) is 0 Å². The number of fused-ring (bicyclic) bond motifs is 2. The molecule has 5 atom stereocenters. The highest BCUT2D eigenvalue weighted by Crippen LogP contribution is 2.47. The van der Waals surface area contributed by atoms with Crippen LogP contribution < -0.4 is 21.3 Å². The van der Waals surface area contributed by atoms with Gasteiger partial charge in [-0.15, -0.1) is 0 Å². The average molecular weight is 597 g/mol. The van der Waals surface area contributed by atoms with E-state index in [2.05, 4.69) is 46.3 Å². The molecule has 4 N–H and O–H groups in total. The molecule has 0 radical (unpaired) electrons. The lowest BCUT2D eigenvalue weighted by molar-refractivity contribution is -0.139. The largest absolute Gasteiger partial charge is 0.359 e. The van der Waals surface area contributed by atoms with Gasteiger partial charge in [-0.25, -0.2) is 0 Å². The maximum absolute atomic E-state index is 14.0. The van der Waals surface area contributed by atoms with E-state index < -0.39 is 17.4 Å². The summed E-state index contributed by atoms with van der Waals surface area (Å²) in [5, 5.41) is 16.1. The summed E-state index contributed by atoms with van der Waals surface area (Å²) < 4.78 is 1.49. The zero-order valence-electron chi connectivity index (χ0n) is 25.6. The molecule has 1 aliphatic heterocycles. The Balaban J connectivity index is 1.26. The van der Waals surface area contributed by atoms with Gasteiger partial charge in [0.25, 0.3) is 5.91 Å². The van der Waals surface area contributed by atoms with Crippen LogP contribution in [-0.2, 0) is 40.7 Å². The summed E-state index contributed by atoms with van der Waals surface area (Å²) in [5.74, 6) is -1.24. The molecule has 2 aromatic carbocycles. The smallest absolute Gasteiger partial charge is 0.270 e.